The summed E-state index contributed by atoms with van der Waals surface area (Å²) in [6, 6.07) is 19.1. The molecule has 4 aromatic rings. The summed E-state index contributed by atoms with van der Waals surface area (Å²) < 4.78 is 10.6. The monoisotopic (exact) mass is 358 g/mol. The van der Waals surface area contributed by atoms with E-state index in [9.17, 15) is 14.7 Å². The van der Waals surface area contributed by atoms with E-state index in [2.05, 4.69) is 0 Å². The van der Waals surface area contributed by atoms with Crippen molar-refractivity contribution in [1.82, 2.24) is 0 Å². The Morgan fingerprint density at radius 1 is 0.815 bits per heavy atom. The predicted octanol–water partition coefficient (Wildman–Crippen LogP) is 4.29. The van der Waals surface area contributed by atoms with Crippen molar-refractivity contribution in [1.29, 1.82) is 0 Å². The summed E-state index contributed by atoms with van der Waals surface area (Å²) in [5, 5.41) is 11.0. The summed E-state index contributed by atoms with van der Waals surface area (Å²) in [7, 11) is 0. The van der Waals surface area contributed by atoms with E-state index in [1.54, 1.807) is 42.5 Å². The second-order valence-corrected chi connectivity index (χ2v) is 5.89. The van der Waals surface area contributed by atoms with Gasteiger partial charge in [-0.15, -0.1) is 0 Å². The largest absolute Gasteiger partial charge is 0.506 e. The highest BCUT2D eigenvalue weighted by Crippen LogP contribution is 2.35. The van der Waals surface area contributed by atoms with Crippen LogP contribution >= 0.6 is 0 Å². The van der Waals surface area contributed by atoms with E-state index in [4.69, 9.17) is 8.83 Å². The van der Waals surface area contributed by atoms with E-state index < -0.39 is 11.3 Å². The molecular weight excluding hydrogens is 344 g/mol. The Morgan fingerprint density at radius 3 is 2.19 bits per heavy atom. The number of hydrogen-bond acceptors (Lipinski definition) is 5. The molecule has 0 fully saturated rings. The molecule has 5 heteroatoms. The topological polar surface area (TPSA) is 80.7 Å². The lowest BCUT2D eigenvalue weighted by molar-refractivity contribution is 0.458. The van der Waals surface area contributed by atoms with Crippen LogP contribution in [0.2, 0.25) is 0 Å². The third-order valence-corrected chi connectivity index (χ3v) is 4.12. The molecule has 0 amide bonds. The Morgan fingerprint density at radius 2 is 1.48 bits per heavy atom. The molecule has 2 aromatic heterocycles. The lowest BCUT2D eigenvalue weighted by Gasteiger charge is -2.07. The molecule has 27 heavy (non-hydrogen) atoms. The third kappa shape index (κ3) is 3.18. The second kappa shape index (κ2) is 6.80. The van der Waals surface area contributed by atoms with Crippen LogP contribution in [0.25, 0.3) is 34.2 Å². The summed E-state index contributed by atoms with van der Waals surface area (Å²) >= 11 is 0. The molecule has 2 heterocycles. The standard InChI is InChI=1S/C22H14O5/c23-18-13-17-20(16(26-18)12-11-14-7-3-1-4-8-14)21(24)19(22(25)27-17)15-9-5-2-6-10-15/h1-13,24H/b12-11+. The predicted molar refractivity (Wildman–Crippen MR) is 103 cm³/mol. The SMILES string of the molecule is O=c1cc2oc(=O)c(-c3ccccc3)c(O)c2c(/C=C/c2ccccc2)o1. The molecule has 0 spiro atoms. The van der Waals surface area contributed by atoms with Gasteiger partial charge in [-0.05, 0) is 17.2 Å². The number of hydrogen-bond donors (Lipinski definition) is 1. The minimum Gasteiger partial charge on any atom is -0.506 e. The van der Waals surface area contributed by atoms with E-state index in [0.29, 0.717) is 5.56 Å². The summed E-state index contributed by atoms with van der Waals surface area (Å²) in [4.78, 5) is 24.2. The van der Waals surface area contributed by atoms with E-state index >= 15 is 0 Å². The lowest BCUT2D eigenvalue weighted by atomic mass is 10.0. The number of fused-ring (bicyclic) bond motifs is 1. The third-order valence-electron chi connectivity index (χ3n) is 4.12. The van der Waals surface area contributed by atoms with Crippen molar-refractivity contribution in [2.45, 2.75) is 0 Å². The van der Waals surface area contributed by atoms with Crippen molar-refractivity contribution in [2.75, 3.05) is 0 Å². The highest BCUT2D eigenvalue weighted by molar-refractivity contribution is 5.95. The minimum atomic E-state index is -0.727. The average molecular weight is 358 g/mol. The van der Waals surface area contributed by atoms with Crippen LogP contribution in [0.5, 0.6) is 5.75 Å². The molecule has 0 saturated carbocycles. The van der Waals surface area contributed by atoms with Gasteiger partial charge in [-0.25, -0.2) is 9.59 Å². The molecule has 5 nitrogen and oxygen atoms in total. The molecule has 0 bridgehead atoms. The molecule has 0 atom stereocenters. The number of rotatable bonds is 3. The molecule has 0 aliphatic heterocycles. The fourth-order valence-electron chi connectivity index (χ4n) is 2.89. The second-order valence-electron chi connectivity index (χ2n) is 5.89. The zero-order valence-electron chi connectivity index (χ0n) is 14.1. The van der Waals surface area contributed by atoms with Gasteiger partial charge in [-0.2, -0.15) is 0 Å². The Labute approximate surface area is 153 Å². The maximum absolute atomic E-state index is 12.4. The molecule has 1 N–H and O–H groups in total. The van der Waals surface area contributed by atoms with Gasteiger partial charge in [0.05, 0.1) is 6.07 Å². The van der Waals surface area contributed by atoms with E-state index in [1.165, 1.54) is 0 Å². The van der Waals surface area contributed by atoms with E-state index in [1.807, 2.05) is 30.3 Å². The quantitative estimate of drug-likeness (QED) is 0.591. The van der Waals surface area contributed by atoms with Crippen LogP contribution in [0.4, 0.5) is 0 Å². The van der Waals surface area contributed by atoms with Gasteiger partial charge in [0.15, 0.2) is 5.58 Å². The first-order valence-corrected chi connectivity index (χ1v) is 8.26. The normalized spacial score (nSPS) is 11.3. The molecule has 0 radical (unpaired) electrons. The van der Waals surface area contributed by atoms with Crippen molar-refractivity contribution in [3.8, 4) is 16.9 Å². The highest BCUT2D eigenvalue weighted by Gasteiger charge is 2.19. The lowest BCUT2D eigenvalue weighted by Crippen LogP contribution is -2.06. The Balaban J connectivity index is 1.98. The number of aromatic hydroxyl groups is 1. The van der Waals surface area contributed by atoms with Crippen LogP contribution in [0.1, 0.15) is 11.3 Å². The van der Waals surface area contributed by atoms with Crippen molar-refractivity contribution in [3.05, 3.63) is 98.9 Å². The molecule has 132 valence electrons. The van der Waals surface area contributed by atoms with Crippen LogP contribution in [-0.4, -0.2) is 5.11 Å². The smallest absolute Gasteiger partial charge is 0.347 e. The van der Waals surface area contributed by atoms with Gasteiger partial charge < -0.3 is 13.9 Å². The molecular formula is C22H14O5. The van der Waals surface area contributed by atoms with Crippen molar-refractivity contribution in [2.24, 2.45) is 0 Å². The van der Waals surface area contributed by atoms with Crippen molar-refractivity contribution >= 4 is 23.1 Å². The van der Waals surface area contributed by atoms with E-state index in [0.717, 1.165) is 11.6 Å². The summed E-state index contributed by atoms with van der Waals surface area (Å²) in [5.41, 5.74) is -0.0142. The van der Waals surface area contributed by atoms with Gasteiger partial charge in [0.25, 0.3) is 0 Å². The zero-order valence-corrected chi connectivity index (χ0v) is 14.1. The van der Waals surface area contributed by atoms with Crippen LogP contribution in [0, 0.1) is 0 Å². The maximum Gasteiger partial charge on any atom is 0.347 e. The molecule has 4 rings (SSSR count). The van der Waals surface area contributed by atoms with Gasteiger partial charge >= 0.3 is 11.3 Å². The summed E-state index contributed by atoms with van der Waals surface area (Å²) in [6.07, 6.45) is 3.30. The van der Waals surface area contributed by atoms with Gasteiger partial charge in [-0.1, -0.05) is 66.7 Å². The molecule has 0 aliphatic rings. The van der Waals surface area contributed by atoms with Crippen LogP contribution in [-0.2, 0) is 0 Å². The molecule has 0 aliphatic carbocycles. The first-order chi connectivity index (χ1) is 13.1. The van der Waals surface area contributed by atoms with Gasteiger partial charge in [0, 0.05) is 0 Å². The van der Waals surface area contributed by atoms with E-state index in [-0.39, 0.29) is 28.0 Å². The highest BCUT2D eigenvalue weighted by atomic mass is 16.4. The van der Waals surface area contributed by atoms with Crippen LogP contribution in [0.3, 0.4) is 0 Å². The van der Waals surface area contributed by atoms with Gasteiger partial charge in [0.2, 0.25) is 0 Å². The van der Waals surface area contributed by atoms with Gasteiger partial charge in [0.1, 0.15) is 22.5 Å². The summed E-state index contributed by atoms with van der Waals surface area (Å²) in [6.45, 7) is 0. The fourth-order valence-corrected chi connectivity index (χ4v) is 2.89. The number of benzene rings is 2. The Hall–Kier alpha value is -3.86. The van der Waals surface area contributed by atoms with Gasteiger partial charge in [-0.3, -0.25) is 0 Å². The zero-order chi connectivity index (χ0) is 18.8. The van der Waals surface area contributed by atoms with Crippen molar-refractivity contribution < 1.29 is 13.9 Å². The average Bonchev–Trinajstić information content (AvgIpc) is 2.67. The first-order valence-electron chi connectivity index (χ1n) is 8.26. The summed E-state index contributed by atoms with van der Waals surface area (Å²) in [5.74, 6) is -0.177. The molecule has 0 saturated heterocycles. The maximum atomic E-state index is 12.4. The first kappa shape index (κ1) is 16.6. The van der Waals surface area contributed by atoms with Crippen LogP contribution in [0.15, 0.2) is 85.2 Å². The minimum absolute atomic E-state index is 0.0197. The fraction of sp³-hybridized carbons (Fsp3) is 0. The Bertz CT molecular complexity index is 1250. The van der Waals surface area contributed by atoms with Crippen LogP contribution < -0.4 is 11.3 Å². The molecule has 2 aromatic carbocycles. The molecule has 0 unspecified atom stereocenters. The Kier molecular flexibility index (Phi) is 4.18. The van der Waals surface area contributed by atoms with Crippen molar-refractivity contribution in [3.63, 3.8) is 0 Å².